The number of aliphatic hydroxyl groups is 1. The van der Waals surface area contributed by atoms with E-state index >= 15 is 0 Å². The summed E-state index contributed by atoms with van der Waals surface area (Å²) in [5, 5.41) is 21.2. The van der Waals surface area contributed by atoms with Gasteiger partial charge in [-0.2, -0.15) is 0 Å². The number of ketones is 1. The number of nitrogens with zero attached hydrogens (tertiary/aromatic N) is 1. The van der Waals surface area contributed by atoms with Crippen LogP contribution in [-0.4, -0.2) is 41.1 Å². The first-order chi connectivity index (χ1) is 19.3. The van der Waals surface area contributed by atoms with E-state index < -0.39 is 23.7 Å². The van der Waals surface area contributed by atoms with Crippen molar-refractivity contribution in [3.63, 3.8) is 0 Å². The lowest BCUT2D eigenvalue weighted by molar-refractivity contribution is -0.132. The number of amides is 1. The molecule has 4 rings (SSSR count). The van der Waals surface area contributed by atoms with Gasteiger partial charge in [-0.3, -0.25) is 14.5 Å². The number of phenolic OH excluding ortho intramolecular Hbond substituents is 1. The molecular formula is C32H33NO7. The first kappa shape index (κ1) is 28.4. The fourth-order valence-corrected chi connectivity index (χ4v) is 4.54. The molecule has 8 nitrogen and oxygen atoms in total. The standard InChI is InChI=1S/C32H33NO7/c1-3-5-6-19-39-26-16-12-22(13-17-26)29(35)27-28(21-10-14-25(34)15-11-21)33(31(37)30(27)36)24-9-7-8-23(20-24)32(38)40-18-4-2/h7-17,20,28,34-35H,3-6,18-19H2,1-2H3/b29-27+. The van der Waals surface area contributed by atoms with Crippen LogP contribution in [0, 0.1) is 0 Å². The summed E-state index contributed by atoms with van der Waals surface area (Å²) < 4.78 is 11.0. The lowest BCUT2D eigenvalue weighted by atomic mass is 9.95. The van der Waals surface area contributed by atoms with E-state index in [0.29, 0.717) is 35.6 Å². The Balaban J connectivity index is 1.75. The number of esters is 1. The molecule has 1 saturated heterocycles. The summed E-state index contributed by atoms with van der Waals surface area (Å²) in [5.74, 6) is -1.96. The molecule has 0 aliphatic carbocycles. The zero-order valence-electron chi connectivity index (χ0n) is 22.6. The number of hydrogen-bond donors (Lipinski definition) is 2. The molecule has 1 aliphatic heterocycles. The molecule has 1 unspecified atom stereocenters. The number of aromatic hydroxyl groups is 1. The van der Waals surface area contributed by atoms with Crippen LogP contribution in [0.2, 0.25) is 0 Å². The minimum atomic E-state index is -1.01. The third-order valence-corrected chi connectivity index (χ3v) is 6.59. The second-order valence-electron chi connectivity index (χ2n) is 9.53. The smallest absolute Gasteiger partial charge is 0.338 e. The quantitative estimate of drug-likeness (QED) is 0.0980. The number of phenols is 1. The molecule has 0 spiro atoms. The average molecular weight is 544 g/mol. The summed E-state index contributed by atoms with van der Waals surface area (Å²) in [6.07, 6.45) is 3.75. The van der Waals surface area contributed by atoms with Gasteiger partial charge < -0.3 is 19.7 Å². The Bertz CT molecular complexity index is 1390. The van der Waals surface area contributed by atoms with Crippen LogP contribution in [0.15, 0.2) is 78.4 Å². The molecule has 208 valence electrons. The summed E-state index contributed by atoms with van der Waals surface area (Å²) in [7, 11) is 0. The monoisotopic (exact) mass is 543 g/mol. The predicted molar refractivity (Wildman–Crippen MR) is 151 cm³/mol. The van der Waals surface area contributed by atoms with E-state index in [-0.39, 0.29) is 29.3 Å². The zero-order valence-corrected chi connectivity index (χ0v) is 22.6. The number of anilines is 1. The highest BCUT2D eigenvalue weighted by Gasteiger charge is 2.47. The largest absolute Gasteiger partial charge is 0.508 e. The number of ether oxygens (including phenoxy) is 2. The van der Waals surface area contributed by atoms with Crippen LogP contribution in [0.3, 0.4) is 0 Å². The fourth-order valence-electron chi connectivity index (χ4n) is 4.54. The summed E-state index contributed by atoms with van der Waals surface area (Å²) in [4.78, 5) is 40.6. The minimum Gasteiger partial charge on any atom is -0.508 e. The number of aliphatic hydroxyl groups excluding tert-OH is 1. The summed E-state index contributed by atoms with van der Waals surface area (Å²) in [6.45, 7) is 4.83. The molecule has 1 atom stereocenters. The zero-order chi connectivity index (χ0) is 28.6. The van der Waals surface area contributed by atoms with Crippen molar-refractivity contribution in [3.05, 3.63) is 95.1 Å². The highest BCUT2D eigenvalue weighted by atomic mass is 16.5. The maximum Gasteiger partial charge on any atom is 0.338 e. The molecular weight excluding hydrogens is 510 g/mol. The summed E-state index contributed by atoms with van der Waals surface area (Å²) >= 11 is 0. The van der Waals surface area contributed by atoms with Gasteiger partial charge in [0.2, 0.25) is 0 Å². The average Bonchev–Trinajstić information content (AvgIpc) is 3.24. The topological polar surface area (TPSA) is 113 Å². The minimum absolute atomic E-state index is 0.0101. The second-order valence-corrected chi connectivity index (χ2v) is 9.53. The fraction of sp³-hybridized carbons (Fsp3) is 0.281. The SMILES string of the molecule is CCCCCOc1ccc(/C(O)=C2\C(=O)C(=O)N(c3cccc(C(=O)OCCC)c3)C2c2ccc(O)cc2)cc1. The molecule has 3 aromatic carbocycles. The molecule has 1 fully saturated rings. The number of Topliss-reactive ketones (excluding diaryl/α,β-unsaturated/α-hetero) is 1. The van der Waals surface area contributed by atoms with Crippen LogP contribution in [0.25, 0.3) is 5.76 Å². The van der Waals surface area contributed by atoms with E-state index in [4.69, 9.17) is 9.47 Å². The molecule has 0 radical (unpaired) electrons. The van der Waals surface area contributed by atoms with E-state index in [9.17, 15) is 24.6 Å². The Morgan fingerprint density at radius 1 is 0.875 bits per heavy atom. The van der Waals surface area contributed by atoms with Gasteiger partial charge in [0.15, 0.2) is 0 Å². The van der Waals surface area contributed by atoms with Gasteiger partial charge in [0, 0.05) is 11.3 Å². The third kappa shape index (κ3) is 6.17. The van der Waals surface area contributed by atoms with Crippen LogP contribution < -0.4 is 9.64 Å². The van der Waals surface area contributed by atoms with Gasteiger partial charge in [-0.05, 0) is 73.0 Å². The third-order valence-electron chi connectivity index (χ3n) is 6.59. The van der Waals surface area contributed by atoms with Gasteiger partial charge in [0.25, 0.3) is 11.7 Å². The number of hydrogen-bond acceptors (Lipinski definition) is 7. The van der Waals surface area contributed by atoms with Gasteiger partial charge in [0.05, 0.1) is 30.4 Å². The van der Waals surface area contributed by atoms with Crippen molar-refractivity contribution in [1.82, 2.24) is 0 Å². The Hall–Kier alpha value is -4.59. The Kier molecular flexibility index (Phi) is 9.22. The van der Waals surface area contributed by atoms with Gasteiger partial charge >= 0.3 is 5.97 Å². The Morgan fingerprint density at radius 3 is 2.27 bits per heavy atom. The Morgan fingerprint density at radius 2 is 1.60 bits per heavy atom. The highest BCUT2D eigenvalue weighted by Crippen LogP contribution is 2.42. The van der Waals surface area contributed by atoms with Crippen LogP contribution in [0.4, 0.5) is 5.69 Å². The van der Waals surface area contributed by atoms with Crippen LogP contribution in [0.5, 0.6) is 11.5 Å². The molecule has 1 heterocycles. The number of rotatable bonds is 11. The first-order valence-corrected chi connectivity index (χ1v) is 13.5. The van der Waals surface area contributed by atoms with E-state index in [0.717, 1.165) is 19.3 Å². The number of benzene rings is 3. The molecule has 0 saturated carbocycles. The predicted octanol–water partition coefficient (Wildman–Crippen LogP) is 6.15. The van der Waals surface area contributed by atoms with Crippen molar-refractivity contribution in [2.24, 2.45) is 0 Å². The number of carbonyl (C=O) groups is 3. The van der Waals surface area contributed by atoms with Crippen LogP contribution in [0.1, 0.15) is 67.1 Å². The summed E-state index contributed by atoms with van der Waals surface area (Å²) in [5.41, 5.74) is 1.26. The van der Waals surface area contributed by atoms with E-state index in [1.54, 1.807) is 54.6 Å². The highest BCUT2D eigenvalue weighted by molar-refractivity contribution is 6.51. The molecule has 0 aromatic heterocycles. The maximum absolute atomic E-state index is 13.4. The lowest BCUT2D eigenvalue weighted by Gasteiger charge is -2.26. The van der Waals surface area contributed by atoms with E-state index in [1.165, 1.54) is 23.1 Å². The van der Waals surface area contributed by atoms with E-state index in [2.05, 4.69) is 6.92 Å². The van der Waals surface area contributed by atoms with Crippen molar-refractivity contribution < 1.29 is 34.1 Å². The first-order valence-electron chi connectivity index (χ1n) is 13.5. The van der Waals surface area contributed by atoms with Crippen molar-refractivity contribution in [2.45, 2.75) is 45.6 Å². The van der Waals surface area contributed by atoms with Gasteiger partial charge in [-0.25, -0.2) is 4.79 Å². The van der Waals surface area contributed by atoms with Gasteiger partial charge in [0.1, 0.15) is 17.3 Å². The molecule has 8 heteroatoms. The molecule has 1 amide bonds. The lowest BCUT2D eigenvalue weighted by Crippen LogP contribution is -2.29. The van der Waals surface area contributed by atoms with E-state index in [1.807, 2.05) is 6.92 Å². The molecule has 1 aliphatic rings. The van der Waals surface area contributed by atoms with Crippen LogP contribution >= 0.6 is 0 Å². The van der Waals surface area contributed by atoms with Gasteiger partial charge in [-0.15, -0.1) is 0 Å². The number of unbranched alkanes of at least 4 members (excludes halogenated alkanes) is 2. The van der Waals surface area contributed by atoms with Gasteiger partial charge in [-0.1, -0.05) is 44.9 Å². The van der Waals surface area contributed by atoms with Crippen molar-refractivity contribution in [2.75, 3.05) is 18.1 Å². The Labute approximate surface area is 233 Å². The van der Waals surface area contributed by atoms with Crippen molar-refractivity contribution in [1.29, 1.82) is 0 Å². The molecule has 2 N–H and O–H groups in total. The number of carbonyl (C=O) groups excluding carboxylic acids is 3. The van der Waals surface area contributed by atoms with Crippen LogP contribution in [-0.2, 0) is 14.3 Å². The van der Waals surface area contributed by atoms with Crippen molar-refractivity contribution in [3.8, 4) is 11.5 Å². The summed E-state index contributed by atoms with van der Waals surface area (Å²) in [6, 6.07) is 18.0. The molecule has 3 aromatic rings. The normalized spacial score (nSPS) is 16.2. The maximum atomic E-state index is 13.4. The molecule has 0 bridgehead atoms. The molecule has 40 heavy (non-hydrogen) atoms. The van der Waals surface area contributed by atoms with Crippen molar-refractivity contribution >= 4 is 29.1 Å². The second kappa shape index (κ2) is 13.0.